The molecule has 0 saturated carbocycles. The largest absolute Gasteiger partial charge is 0.282 e. The van der Waals surface area contributed by atoms with Crippen molar-refractivity contribution >= 4 is 28.4 Å². The zero-order valence-corrected chi connectivity index (χ0v) is 10.3. The van der Waals surface area contributed by atoms with Crippen LogP contribution in [0, 0.1) is 0 Å². The highest BCUT2D eigenvalue weighted by Gasteiger charge is 2.12. The van der Waals surface area contributed by atoms with E-state index in [1.54, 1.807) is 29.0 Å². The van der Waals surface area contributed by atoms with Crippen LogP contribution in [0.4, 0.5) is 0 Å². The van der Waals surface area contributed by atoms with Crippen molar-refractivity contribution in [2.45, 2.75) is 0 Å². The van der Waals surface area contributed by atoms with Crippen molar-refractivity contribution in [2.75, 3.05) is 0 Å². The van der Waals surface area contributed by atoms with Crippen molar-refractivity contribution in [3.8, 4) is 0 Å². The third kappa shape index (κ3) is 1.71. The van der Waals surface area contributed by atoms with Gasteiger partial charge >= 0.3 is 0 Å². The van der Waals surface area contributed by atoms with Gasteiger partial charge in [-0.3, -0.25) is 9.36 Å². The number of rotatable bonds is 1. The fourth-order valence-electron chi connectivity index (χ4n) is 2.04. The minimum Gasteiger partial charge on any atom is -0.282 e. The number of para-hydroxylation sites is 1. The van der Waals surface area contributed by atoms with E-state index in [4.69, 9.17) is 11.6 Å². The molecule has 0 aliphatic carbocycles. The van der Waals surface area contributed by atoms with E-state index in [-0.39, 0.29) is 5.91 Å². The molecule has 0 unspecified atom stereocenters. The van der Waals surface area contributed by atoms with Crippen LogP contribution in [-0.4, -0.2) is 10.5 Å². The van der Waals surface area contributed by atoms with Crippen LogP contribution < -0.4 is 0 Å². The van der Waals surface area contributed by atoms with Gasteiger partial charge in [-0.05, 0) is 24.3 Å². The molecule has 0 aliphatic heterocycles. The molecule has 0 amide bonds. The van der Waals surface area contributed by atoms with Crippen LogP contribution in [0.5, 0.6) is 0 Å². The van der Waals surface area contributed by atoms with Gasteiger partial charge in [0.1, 0.15) is 0 Å². The monoisotopic (exact) mass is 255 g/mol. The maximum absolute atomic E-state index is 12.4. The molecule has 2 nitrogen and oxygen atoms in total. The summed E-state index contributed by atoms with van der Waals surface area (Å²) in [4.78, 5) is 12.4. The fraction of sp³-hybridized carbons (Fsp3) is 0. The SMILES string of the molecule is O=C(c1ccccc1)n1ccc2cccc(Cl)c21. The van der Waals surface area contributed by atoms with E-state index in [9.17, 15) is 4.79 Å². The molecule has 0 aliphatic rings. The number of fused-ring (bicyclic) bond motifs is 1. The maximum Gasteiger partial charge on any atom is 0.262 e. The topological polar surface area (TPSA) is 22.0 Å². The molecule has 3 heteroatoms. The van der Waals surface area contributed by atoms with Crippen LogP contribution in [-0.2, 0) is 0 Å². The maximum atomic E-state index is 12.4. The highest BCUT2D eigenvalue weighted by atomic mass is 35.5. The first-order chi connectivity index (χ1) is 8.77. The second kappa shape index (κ2) is 4.31. The highest BCUT2D eigenvalue weighted by molar-refractivity contribution is 6.35. The number of carbonyl (C=O) groups is 1. The third-order valence-corrected chi connectivity index (χ3v) is 3.21. The van der Waals surface area contributed by atoms with Gasteiger partial charge in [-0.15, -0.1) is 0 Å². The standard InChI is InChI=1S/C15H10ClNO/c16-13-8-4-7-11-9-10-17(14(11)13)15(18)12-5-2-1-3-6-12/h1-10H. The first-order valence-electron chi connectivity index (χ1n) is 5.63. The van der Waals surface area contributed by atoms with Gasteiger partial charge in [0.05, 0.1) is 10.5 Å². The lowest BCUT2D eigenvalue weighted by molar-refractivity contribution is 0.0965. The summed E-state index contributed by atoms with van der Waals surface area (Å²) in [6.07, 6.45) is 1.76. The Balaban J connectivity index is 2.19. The average molecular weight is 256 g/mol. The lowest BCUT2D eigenvalue weighted by Crippen LogP contribution is -2.10. The van der Waals surface area contributed by atoms with Crippen LogP contribution >= 0.6 is 11.6 Å². The summed E-state index contributed by atoms with van der Waals surface area (Å²) < 4.78 is 1.59. The van der Waals surface area contributed by atoms with E-state index in [1.165, 1.54) is 0 Å². The molecule has 0 spiro atoms. The predicted molar refractivity (Wildman–Crippen MR) is 73.1 cm³/mol. The van der Waals surface area contributed by atoms with Gasteiger partial charge in [-0.1, -0.05) is 41.9 Å². The van der Waals surface area contributed by atoms with E-state index < -0.39 is 0 Å². The Morgan fingerprint density at radius 2 is 1.72 bits per heavy atom. The molecule has 0 radical (unpaired) electrons. The minimum atomic E-state index is -0.0706. The number of hydrogen-bond donors (Lipinski definition) is 0. The molecular weight excluding hydrogens is 246 g/mol. The summed E-state index contributed by atoms with van der Waals surface area (Å²) in [6.45, 7) is 0. The van der Waals surface area contributed by atoms with Gasteiger partial charge in [-0.25, -0.2) is 0 Å². The van der Waals surface area contributed by atoms with E-state index in [0.717, 1.165) is 10.9 Å². The first-order valence-corrected chi connectivity index (χ1v) is 6.00. The number of hydrogen-bond acceptors (Lipinski definition) is 1. The summed E-state index contributed by atoms with van der Waals surface area (Å²) in [5, 5.41) is 1.55. The molecule has 0 N–H and O–H groups in total. The Hall–Kier alpha value is -2.06. The van der Waals surface area contributed by atoms with Gasteiger partial charge in [0.15, 0.2) is 0 Å². The van der Waals surface area contributed by atoms with E-state index in [1.807, 2.05) is 36.4 Å². The zero-order chi connectivity index (χ0) is 12.5. The smallest absolute Gasteiger partial charge is 0.262 e. The molecule has 3 aromatic rings. The molecular formula is C15H10ClNO. The Kier molecular flexibility index (Phi) is 2.65. The number of carbonyl (C=O) groups excluding carboxylic acids is 1. The zero-order valence-electron chi connectivity index (χ0n) is 9.51. The first kappa shape index (κ1) is 11.1. The third-order valence-electron chi connectivity index (χ3n) is 2.90. The Labute approximate surface area is 109 Å². The van der Waals surface area contributed by atoms with Crippen molar-refractivity contribution in [3.05, 3.63) is 71.4 Å². The molecule has 1 aromatic heterocycles. The summed E-state index contributed by atoms with van der Waals surface area (Å²) in [6, 6.07) is 16.7. The second-order valence-electron chi connectivity index (χ2n) is 4.03. The van der Waals surface area contributed by atoms with Gasteiger partial charge < -0.3 is 0 Å². The Bertz CT molecular complexity index is 716. The number of nitrogens with zero attached hydrogens (tertiary/aromatic N) is 1. The average Bonchev–Trinajstić information content (AvgIpc) is 2.84. The number of benzene rings is 2. The quantitative estimate of drug-likeness (QED) is 0.645. The minimum absolute atomic E-state index is 0.0706. The van der Waals surface area contributed by atoms with Crippen molar-refractivity contribution < 1.29 is 4.79 Å². The molecule has 0 atom stereocenters. The molecule has 0 saturated heterocycles. The van der Waals surface area contributed by atoms with Gasteiger partial charge in [0.25, 0.3) is 5.91 Å². The van der Waals surface area contributed by atoms with Crippen molar-refractivity contribution in [3.63, 3.8) is 0 Å². The van der Waals surface area contributed by atoms with E-state index in [0.29, 0.717) is 10.6 Å². The Morgan fingerprint density at radius 1 is 0.944 bits per heavy atom. The fourth-order valence-corrected chi connectivity index (χ4v) is 2.31. The highest BCUT2D eigenvalue weighted by Crippen LogP contribution is 2.25. The van der Waals surface area contributed by atoms with Gasteiger partial charge in [0.2, 0.25) is 0 Å². The molecule has 88 valence electrons. The summed E-state index contributed by atoms with van der Waals surface area (Å²) >= 11 is 6.16. The van der Waals surface area contributed by atoms with Crippen LogP contribution in [0.25, 0.3) is 10.9 Å². The molecule has 0 bridgehead atoms. The summed E-state index contributed by atoms with van der Waals surface area (Å²) in [5.74, 6) is -0.0706. The van der Waals surface area contributed by atoms with Crippen LogP contribution in [0.1, 0.15) is 10.4 Å². The van der Waals surface area contributed by atoms with Gasteiger partial charge in [0, 0.05) is 17.1 Å². The van der Waals surface area contributed by atoms with Crippen LogP contribution in [0.3, 0.4) is 0 Å². The van der Waals surface area contributed by atoms with E-state index in [2.05, 4.69) is 0 Å². The molecule has 2 aromatic carbocycles. The normalized spacial score (nSPS) is 10.7. The molecule has 3 rings (SSSR count). The summed E-state index contributed by atoms with van der Waals surface area (Å²) in [7, 11) is 0. The van der Waals surface area contributed by atoms with Crippen LogP contribution in [0.15, 0.2) is 60.8 Å². The Morgan fingerprint density at radius 3 is 2.50 bits per heavy atom. The predicted octanol–water partition coefficient (Wildman–Crippen LogP) is 3.98. The number of halogens is 1. The molecule has 18 heavy (non-hydrogen) atoms. The van der Waals surface area contributed by atoms with Gasteiger partial charge in [-0.2, -0.15) is 0 Å². The van der Waals surface area contributed by atoms with Crippen molar-refractivity contribution in [1.82, 2.24) is 4.57 Å². The lowest BCUT2D eigenvalue weighted by atomic mass is 10.2. The van der Waals surface area contributed by atoms with Crippen LogP contribution in [0.2, 0.25) is 5.02 Å². The molecule has 1 heterocycles. The van der Waals surface area contributed by atoms with E-state index >= 15 is 0 Å². The van der Waals surface area contributed by atoms with Crippen molar-refractivity contribution in [2.24, 2.45) is 0 Å². The lowest BCUT2D eigenvalue weighted by Gasteiger charge is -2.05. The van der Waals surface area contributed by atoms with Crippen molar-refractivity contribution in [1.29, 1.82) is 0 Å². The molecule has 0 fully saturated rings. The number of aromatic nitrogens is 1. The second-order valence-corrected chi connectivity index (χ2v) is 4.44. The summed E-state index contributed by atoms with van der Waals surface area (Å²) in [5.41, 5.74) is 1.41.